The van der Waals surface area contributed by atoms with E-state index < -0.39 is 0 Å². The molecule has 0 fully saturated rings. The highest BCUT2D eigenvalue weighted by atomic mass is 15.3. The predicted octanol–water partition coefficient (Wildman–Crippen LogP) is 3.15. The van der Waals surface area contributed by atoms with Gasteiger partial charge in [-0.25, -0.2) is 9.67 Å². The molecule has 1 aromatic carbocycles. The summed E-state index contributed by atoms with van der Waals surface area (Å²) in [5.41, 5.74) is 3.78. The van der Waals surface area contributed by atoms with Crippen LogP contribution in [0.15, 0.2) is 67.3 Å². The first-order valence-electron chi connectivity index (χ1n) is 6.94. The van der Waals surface area contributed by atoms with Crippen LogP contribution in [0.25, 0.3) is 16.7 Å². The third kappa shape index (κ3) is 2.25. The van der Waals surface area contributed by atoms with E-state index in [0.717, 1.165) is 27.8 Å². The van der Waals surface area contributed by atoms with E-state index in [1.54, 1.807) is 12.4 Å². The molecular formula is C18H12N4. The maximum absolute atomic E-state index is 4.27. The number of hydrogen-bond donors (Lipinski definition) is 1. The molecule has 0 bridgehead atoms. The average Bonchev–Trinajstić information content (AvgIpc) is 3.24. The number of benzene rings is 1. The number of rotatable bonds is 1. The van der Waals surface area contributed by atoms with E-state index in [1.165, 1.54) is 0 Å². The molecule has 104 valence electrons. The van der Waals surface area contributed by atoms with Gasteiger partial charge in [-0.05, 0) is 36.4 Å². The standard InChI is InChI=1S/C18H12N4/c1-3-14(13-16(4-1)22-12-2-9-21-22)5-6-15-7-10-19-18-17(15)8-11-20-18/h1-4,7-13H,(H,19,20). The number of fused-ring (bicyclic) bond motifs is 1. The molecule has 0 saturated carbocycles. The van der Waals surface area contributed by atoms with Crippen molar-refractivity contribution in [3.63, 3.8) is 0 Å². The Hall–Kier alpha value is -3.32. The summed E-state index contributed by atoms with van der Waals surface area (Å²) in [7, 11) is 0. The first-order valence-corrected chi connectivity index (χ1v) is 6.94. The second kappa shape index (κ2) is 5.23. The Labute approximate surface area is 127 Å². The highest BCUT2D eigenvalue weighted by Crippen LogP contribution is 2.14. The summed E-state index contributed by atoms with van der Waals surface area (Å²) in [6.07, 6.45) is 7.32. The van der Waals surface area contributed by atoms with E-state index in [0.29, 0.717) is 0 Å². The number of nitrogens with zero attached hydrogens (tertiary/aromatic N) is 3. The lowest BCUT2D eigenvalue weighted by Gasteiger charge is -2.01. The van der Waals surface area contributed by atoms with Crippen LogP contribution in [0.1, 0.15) is 11.1 Å². The van der Waals surface area contributed by atoms with Crippen LogP contribution in [0, 0.1) is 11.8 Å². The fourth-order valence-electron chi connectivity index (χ4n) is 2.36. The van der Waals surface area contributed by atoms with Gasteiger partial charge in [0.05, 0.1) is 5.69 Å². The molecule has 4 heteroatoms. The lowest BCUT2D eigenvalue weighted by atomic mass is 10.1. The van der Waals surface area contributed by atoms with E-state index in [1.807, 2.05) is 59.5 Å². The van der Waals surface area contributed by atoms with Crippen LogP contribution in [0.4, 0.5) is 0 Å². The van der Waals surface area contributed by atoms with Crippen molar-refractivity contribution >= 4 is 11.0 Å². The second-order valence-corrected chi connectivity index (χ2v) is 4.85. The minimum absolute atomic E-state index is 0.858. The highest BCUT2D eigenvalue weighted by molar-refractivity contribution is 5.82. The molecule has 0 aliphatic rings. The van der Waals surface area contributed by atoms with E-state index in [-0.39, 0.29) is 0 Å². The van der Waals surface area contributed by atoms with Crippen LogP contribution >= 0.6 is 0 Å². The maximum atomic E-state index is 4.27. The summed E-state index contributed by atoms with van der Waals surface area (Å²) in [4.78, 5) is 7.37. The van der Waals surface area contributed by atoms with Crippen LogP contribution in [0.2, 0.25) is 0 Å². The van der Waals surface area contributed by atoms with Crippen molar-refractivity contribution in [3.05, 3.63) is 78.4 Å². The van der Waals surface area contributed by atoms with Gasteiger partial charge in [-0.2, -0.15) is 5.10 Å². The number of hydrogen-bond acceptors (Lipinski definition) is 2. The third-order valence-corrected chi connectivity index (χ3v) is 3.42. The number of aromatic amines is 1. The van der Waals surface area contributed by atoms with Gasteiger partial charge in [-0.15, -0.1) is 0 Å². The summed E-state index contributed by atoms with van der Waals surface area (Å²) >= 11 is 0. The van der Waals surface area contributed by atoms with Crippen LogP contribution < -0.4 is 0 Å². The van der Waals surface area contributed by atoms with Crippen molar-refractivity contribution in [2.24, 2.45) is 0 Å². The van der Waals surface area contributed by atoms with E-state index in [2.05, 4.69) is 26.9 Å². The minimum atomic E-state index is 0.858. The zero-order valence-corrected chi connectivity index (χ0v) is 11.7. The molecule has 3 heterocycles. The monoisotopic (exact) mass is 284 g/mol. The van der Waals surface area contributed by atoms with Crippen LogP contribution in [0.3, 0.4) is 0 Å². The van der Waals surface area contributed by atoms with E-state index >= 15 is 0 Å². The van der Waals surface area contributed by atoms with Crippen molar-refractivity contribution < 1.29 is 0 Å². The van der Waals surface area contributed by atoms with Gasteiger partial charge in [-0.1, -0.05) is 17.9 Å². The summed E-state index contributed by atoms with van der Waals surface area (Å²) < 4.78 is 1.82. The Morgan fingerprint density at radius 2 is 2.00 bits per heavy atom. The van der Waals surface area contributed by atoms with Gasteiger partial charge >= 0.3 is 0 Å². The van der Waals surface area contributed by atoms with Crippen molar-refractivity contribution in [2.45, 2.75) is 0 Å². The van der Waals surface area contributed by atoms with Crippen LogP contribution in [-0.2, 0) is 0 Å². The molecule has 0 spiro atoms. The molecule has 0 aliphatic heterocycles. The fraction of sp³-hybridized carbons (Fsp3) is 0. The zero-order chi connectivity index (χ0) is 14.8. The lowest BCUT2D eigenvalue weighted by Crippen LogP contribution is -1.94. The smallest absolute Gasteiger partial charge is 0.138 e. The van der Waals surface area contributed by atoms with Crippen molar-refractivity contribution in [1.29, 1.82) is 0 Å². The van der Waals surface area contributed by atoms with E-state index in [4.69, 9.17) is 0 Å². The molecule has 1 N–H and O–H groups in total. The molecule has 0 aliphatic carbocycles. The molecule has 4 rings (SSSR count). The predicted molar refractivity (Wildman–Crippen MR) is 85.6 cm³/mol. The Morgan fingerprint density at radius 1 is 1.00 bits per heavy atom. The maximum Gasteiger partial charge on any atom is 0.138 e. The van der Waals surface area contributed by atoms with Gasteiger partial charge in [0.25, 0.3) is 0 Å². The molecule has 0 saturated heterocycles. The molecule has 0 radical (unpaired) electrons. The van der Waals surface area contributed by atoms with Gasteiger partial charge in [0.15, 0.2) is 0 Å². The Balaban J connectivity index is 1.73. The van der Waals surface area contributed by atoms with Crippen molar-refractivity contribution in [1.82, 2.24) is 19.7 Å². The molecule has 4 nitrogen and oxygen atoms in total. The highest BCUT2D eigenvalue weighted by Gasteiger charge is 2.00. The second-order valence-electron chi connectivity index (χ2n) is 4.85. The quantitative estimate of drug-likeness (QED) is 0.546. The SMILES string of the molecule is C(#Cc1ccnc2[nH]ccc12)c1cccc(-n2cccn2)c1. The molecule has 0 amide bonds. The lowest BCUT2D eigenvalue weighted by molar-refractivity contribution is 0.880. The normalized spacial score (nSPS) is 10.4. The van der Waals surface area contributed by atoms with Gasteiger partial charge in [0, 0.05) is 41.3 Å². The Kier molecular flexibility index (Phi) is 2.95. The summed E-state index contributed by atoms with van der Waals surface area (Å²) in [6, 6.07) is 13.8. The number of nitrogens with one attached hydrogen (secondary N) is 1. The Morgan fingerprint density at radius 3 is 2.91 bits per heavy atom. The number of H-pyrrole nitrogens is 1. The van der Waals surface area contributed by atoms with Crippen molar-refractivity contribution in [2.75, 3.05) is 0 Å². The summed E-state index contributed by atoms with van der Waals surface area (Å²) in [5, 5.41) is 5.28. The first-order chi connectivity index (χ1) is 10.9. The molecule has 22 heavy (non-hydrogen) atoms. The average molecular weight is 284 g/mol. The number of pyridine rings is 1. The van der Waals surface area contributed by atoms with Crippen LogP contribution in [-0.4, -0.2) is 19.7 Å². The van der Waals surface area contributed by atoms with Crippen LogP contribution in [0.5, 0.6) is 0 Å². The molecule has 4 aromatic rings. The molecule has 0 unspecified atom stereocenters. The zero-order valence-electron chi connectivity index (χ0n) is 11.7. The van der Waals surface area contributed by atoms with E-state index in [9.17, 15) is 0 Å². The first kappa shape index (κ1) is 12.4. The molecule has 3 aromatic heterocycles. The van der Waals surface area contributed by atoms with Gasteiger partial charge in [0.1, 0.15) is 5.65 Å². The topological polar surface area (TPSA) is 46.5 Å². The molecule has 0 atom stereocenters. The molecular weight excluding hydrogens is 272 g/mol. The third-order valence-electron chi connectivity index (χ3n) is 3.42. The Bertz CT molecular complexity index is 985. The summed E-state index contributed by atoms with van der Waals surface area (Å²) in [6.45, 7) is 0. The summed E-state index contributed by atoms with van der Waals surface area (Å²) in [5.74, 6) is 6.44. The minimum Gasteiger partial charge on any atom is -0.346 e. The fourth-order valence-corrected chi connectivity index (χ4v) is 2.36. The van der Waals surface area contributed by atoms with Gasteiger partial charge in [0.2, 0.25) is 0 Å². The van der Waals surface area contributed by atoms with Crippen molar-refractivity contribution in [3.8, 4) is 17.5 Å². The number of aromatic nitrogens is 4. The van der Waals surface area contributed by atoms with Gasteiger partial charge < -0.3 is 4.98 Å². The van der Waals surface area contributed by atoms with Gasteiger partial charge in [-0.3, -0.25) is 0 Å². The largest absolute Gasteiger partial charge is 0.346 e.